The molecule has 0 aliphatic rings. The molecule has 0 spiro atoms. The number of nitrogens with zero attached hydrogens (tertiary/aromatic N) is 3. The lowest BCUT2D eigenvalue weighted by molar-refractivity contribution is -0.131. The third-order valence-corrected chi connectivity index (χ3v) is 9.47. The monoisotopic (exact) mass is 734 g/mol. The number of nitrogens with one attached hydrogen (secondary N) is 3. The fourth-order valence-electron chi connectivity index (χ4n) is 5.47. The van der Waals surface area contributed by atoms with Crippen molar-refractivity contribution in [3.63, 3.8) is 0 Å². The molecule has 4 rings (SSSR count). The van der Waals surface area contributed by atoms with E-state index in [1.807, 2.05) is 79.9 Å². The van der Waals surface area contributed by atoms with Crippen molar-refractivity contribution in [3.8, 4) is 0 Å². The average molecular weight is 735 g/mol. The van der Waals surface area contributed by atoms with E-state index in [0.29, 0.717) is 24.5 Å². The summed E-state index contributed by atoms with van der Waals surface area (Å²) < 4.78 is 10.3. The molecule has 4 aromatic rings. The zero-order chi connectivity index (χ0) is 37.5. The van der Waals surface area contributed by atoms with Crippen LogP contribution in [0.1, 0.15) is 74.5 Å². The SMILES string of the molecule is CCN(OCc1csc(C(C)C)n1)C(=O)N[C@H](C(=O)N[C@@H](Cc1ccccc1)C[C@H](O)[C@H](Cc1ccccc1)NC(=O)OCc1ccno1)C(C)C. The summed E-state index contributed by atoms with van der Waals surface area (Å²) in [5.74, 6) is -0.0165. The molecule has 2 aromatic carbocycles. The van der Waals surface area contributed by atoms with Gasteiger partial charge in [0.15, 0.2) is 12.4 Å². The Balaban J connectivity index is 1.46. The summed E-state index contributed by atoms with van der Waals surface area (Å²) in [7, 11) is 0. The van der Waals surface area contributed by atoms with Gasteiger partial charge in [-0.25, -0.2) is 19.6 Å². The molecule has 4 amide bonds. The van der Waals surface area contributed by atoms with E-state index in [4.69, 9.17) is 14.1 Å². The third kappa shape index (κ3) is 12.8. The van der Waals surface area contributed by atoms with Crippen molar-refractivity contribution in [1.82, 2.24) is 31.2 Å². The van der Waals surface area contributed by atoms with Gasteiger partial charge in [0.25, 0.3) is 0 Å². The lowest BCUT2D eigenvalue weighted by Gasteiger charge is -2.31. The Kier molecular flexibility index (Phi) is 15.6. The first-order valence-electron chi connectivity index (χ1n) is 17.6. The average Bonchev–Trinajstić information content (AvgIpc) is 3.83. The van der Waals surface area contributed by atoms with Gasteiger partial charge < -0.3 is 30.3 Å². The molecule has 0 unspecified atom stereocenters. The minimum atomic E-state index is -1.09. The first-order valence-corrected chi connectivity index (χ1v) is 18.4. The lowest BCUT2D eigenvalue weighted by atomic mass is 9.93. The first kappa shape index (κ1) is 40.0. The number of aromatic nitrogens is 2. The number of urea groups is 1. The molecule has 4 atom stereocenters. The van der Waals surface area contributed by atoms with Crippen LogP contribution in [0.5, 0.6) is 0 Å². The molecule has 0 bridgehead atoms. The minimum Gasteiger partial charge on any atom is -0.441 e. The van der Waals surface area contributed by atoms with Gasteiger partial charge in [0.05, 0.1) is 29.0 Å². The number of benzene rings is 2. The predicted octanol–water partition coefficient (Wildman–Crippen LogP) is 5.76. The summed E-state index contributed by atoms with van der Waals surface area (Å²) in [5, 5.41) is 28.1. The van der Waals surface area contributed by atoms with E-state index in [2.05, 4.69) is 39.9 Å². The van der Waals surface area contributed by atoms with Gasteiger partial charge in [-0.05, 0) is 43.2 Å². The number of rotatable bonds is 19. The molecule has 14 heteroatoms. The van der Waals surface area contributed by atoms with Gasteiger partial charge in [0.2, 0.25) is 5.91 Å². The van der Waals surface area contributed by atoms with E-state index < -0.39 is 42.3 Å². The quantitative estimate of drug-likeness (QED) is 0.0876. The Morgan fingerprint density at radius 3 is 2.15 bits per heavy atom. The summed E-state index contributed by atoms with van der Waals surface area (Å²) in [6.07, 6.45) is 0.421. The fraction of sp³-hybridized carbons (Fsp3) is 0.447. The van der Waals surface area contributed by atoms with E-state index in [9.17, 15) is 19.5 Å². The molecular weight excluding hydrogens is 685 g/mol. The Morgan fingerprint density at radius 1 is 0.904 bits per heavy atom. The van der Waals surface area contributed by atoms with E-state index in [1.165, 1.54) is 11.3 Å². The number of hydrogen-bond acceptors (Lipinski definition) is 10. The van der Waals surface area contributed by atoms with Crippen LogP contribution < -0.4 is 16.0 Å². The standard InChI is InChI=1S/C38H50N6O7S/c1-6-44(50-22-30-24-52-36(41-30)26(4)5)37(47)43-34(25(2)3)35(46)40-29(19-27-13-9-7-10-14-27)21-33(45)32(20-28-15-11-8-12-16-28)42-38(48)49-23-31-17-18-39-51-31/h7-18,24-26,29,32-34,45H,6,19-23H2,1-5H3,(H,40,46)(H,42,48)(H,43,47)/t29-,32-,33-,34-/m0/s1. The Bertz CT molecular complexity index is 1650. The molecule has 52 heavy (non-hydrogen) atoms. The number of amides is 4. The van der Waals surface area contributed by atoms with Gasteiger partial charge >= 0.3 is 12.1 Å². The zero-order valence-electron chi connectivity index (χ0n) is 30.4. The molecule has 2 aromatic heterocycles. The highest BCUT2D eigenvalue weighted by molar-refractivity contribution is 7.09. The van der Waals surface area contributed by atoms with Crippen LogP contribution in [0.4, 0.5) is 9.59 Å². The van der Waals surface area contributed by atoms with Gasteiger partial charge in [-0.15, -0.1) is 11.3 Å². The molecule has 0 aliphatic carbocycles. The number of aliphatic hydroxyl groups is 1. The second-order valence-corrected chi connectivity index (χ2v) is 14.1. The van der Waals surface area contributed by atoms with Crippen LogP contribution in [0.15, 0.2) is 82.8 Å². The van der Waals surface area contributed by atoms with Crippen LogP contribution in [0, 0.1) is 5.92 Å². The maximum absolute atomic E-state index is 13.9. The number of ether oxygens (including phenoxy) is 1. The highest BCUT2D eigenvalue weighted by atomic mass is 32.1. The van der Waals surface area contributed by atoms with Gasteiger partial charge in [0, 0.05) is 30.0 Å². The summed E-state index contributed by atoms with van der Waals surface area (Å²) in [6.45, 7) is 9.84. The summed E-state index contributed by atoms with van der Waals surface area (Å²) in [4.78, 5) is 50.5. The third-order valence-electron chi connectivity index (χ3n) is 8.27. The normalized spacial score (nSPS) is 13.6. The number of carbonyl (C=O) groups is 3. The van der Waals surface area contributed by atoms with Gasteiger partial charge in [-0.3, -0.25) is 9.63 Å². The molecule has 0 aliphatic heterocycles. The Labute approximate surface area is 309 Å². The summed E-state index contributed by atoms with van der Waals surface area (Å²) in [5.41, 5.74) is 2.56. The highest BCUT2D eigenvalue weighted by Gasteiger charge is 2.31. The largest absolute Gasteiger partial charge is 0.441 e. The zero-order valence-corrected chi connectivity index (χ0v) is 31.2. The van der Waals surface area contributed by atoms with Gasteiger partial charge in [0.1, 0.15) is 12.6 Å². The summed E-state index contributed by atoms with van der Waals surface area (Å²) >= 11 is 1.55. The van der Waals surface area contributed by atoms with Gasteiger partial charge in [-0.2, -0.15) is 0 Å². The van der Waals surface area contributed by atoms with Crippen molar-refractivity contribution >= 4 is 29.4 Å². The Hall–Kier alpha value is -4.79. The van der Waals surface area contributed by atoms with Crippen molar-refractivity contribution < 1.29 is 33.6 Å². The summed E-state index contributed by atoms with van der Waals surface area (Å²) in [6, 6.07) is 17.9. The van der Waals surface area contributed by atoms with Crippen LogP contribution in [-0.4, -0.2) is 69.1 Å². The van der Waals surface area contributed by atoms with Crippen LogP contribution in [0.2, 0.25) is 0 Å². The molecule has 0 saturated heterocycles. The van der Waals surface area contributed by atoms with E-state index in [1.54, 1.807) is 24.3 Å². The number of thiazole rings is 1. The van der Waals surface area contributed by atoms with Crippen molar-refractivity contribution in [2.24, 2.45) is 5.92 Å². The molecular formula is C38H50N6O7S. The molecule has 4 N–H and O–H groups in total. The second-order valence-electron chi connectivity index (χ2n) is 13.2. The molecule has 0 fully saturated rings. The van der Waals surface area contributed by atoms with E-state index in [0.717, 1.165) is 21.8 Å². The molecule has 2 heterocycles. The smallest absolute Gasteiger partial charge is 0.407 e. The topological polar surface area (TPSA) is 168 Å². The van der Waals surface area contributed by atoms with Crippen molar-refractivity contribution in [2.45, 2.75) is 97.2 Å². The van der Waals surface area contributed by atoms with Crippen molar-refractivity contribution in [1.29, 1.82) is 0 Å². The number of alkyl carbamates (subject to hydrolysis) is 1. The lowest BCUT2D eigenvalue weighted by Crippen LogP contribution is -2.56. The molecule has 280 valence electrons. The molecule has 13 nitrogen and oxygen atoms in total. The highest BCUT2D eigenvalue weighted by Crippen LogP contribution is 2.20. The molecule has 0 saturated carbocycles. The number of carbonyl (C=O) groups excluding carboxylic acids is 3. The van der Waals surface area contributed by atoms with Crippen LogP contribution in [0.3, 0.4) is 0 Å². The molecule has 0 radical (unpaired) electrons. The van der Waals surface area contributed by atoms with Crippen LogP contribution >= 0.6 is 11.3 Å². The van der Waals surface area contributed by atoms with Crippen LogP contribution in [-0.2, 0) is 40.4 Å². The maximum atomic E-state index is 13.9. The minimum absolute atomic E-state index is 0.0927. The van der Waals surface area contributed by atoms with E-state index in [-0.39, 0.29) is 32.1 Å². The number of hydroxylamine groups is 2. The second kappa shape index (κ2) is 20.3. The number of aliphatic hydroxyl groups excluding tert-OH is 1. The fourth-order valence-corrected chi connectivity index (χ4v) is 6.29. The Morgan fingerprint density at radius 2 is 1.58 bits per heavy atom. The van der Waals surface area contributed by atoms with E-state index >= 15 is 0 Å². The first-order chi connectivity index (χ1) is 25.0. The predicted molar refractivity (Wildman–Crippen MR) is 197 cm³/mol. The van der Waals surface area contributed by atoms with Crippen LogP contribution in [0.25, 0.3) is 0 Å². The maximum Gasteiger partial charge on any atom is 0.407 e. The van der Waals surface area contributed by atoms with Crippen molar-refractivity contribution in [2.75, 3.05) is 6.54 Å². The number of hydrogen-bond donors (Lipinski definition) is 4. The van der Waals surface area contributed by atoms with Gasteiger partial charge in [-0.1, -0.05) is 93.5 Å². The van der Waals surface area contributed by atoms with Crippen molar-refractivity contribution in [3.05, 3.63) is 106 Å².